The molecule has 9 nitrogen and oxygen atoms in total. The Morgan fingerprint density at radius 1 is 1.05 bits per heavy atom. The molecule has 0 aromatic heterocycles. The second-order valence-electron chi connectivity index (χ2n) is 11.1. The third-order valence-electron chi connectivity index (χ3n) is 7.02. The van der Waals surface area contributed by atoms with Crippen molar-refractivity contribution >= 4 is 41.4 Å². The maximum atomic E-state index is 13.3. The molecule has 44 heavy (non-hydrogen) atoms. The van der Waals surface area contributed by atoms with Gasteiger partial charge in [-0.2, -0.15) is 0 Å². The number of carbonyl (C=O) groups is 4. The number of methoxy groups -OCH3 is 1. The molecular weight excluding hydrogens is 584 g/mol. The average Bonchev–Trinajstić information content (AvgIpc) is 2.98. The second kappa shape index (κ2) is 17.3. The Morgan fingerprint density at radius 2 is 1.80 bits per heavy atom. The van der Waals surface area contributed by atoms with Crippen molar-refractivity contribution in [2.24, 2.45) is 11.8 Å². The van der Waals surface area contributed by atoms with Crippen molar-refractivity contribution in [1.29, 1.82) is 0 Å². The van der Waals surface area contributed by atoms with Crippen LogP contribution in [0.3, 0.4) is 0 Å². The van der Waals surface area contributed by atoms with Gasteiger partial charge in [-0.15, -0.1) is 0 Å². The number of rotatable bonds is 8. The molecule has 0 spiro atoms. The zero-order valence-electron chi connectivity index (χ0n) is 25.6. The summed E-state index contributed by atoms with van der Waals surface area (Å²) in [6.07, 6.45) is 5.54. The molecule has 2 aromatic carbocycles. The molecule has 0 radical (unpaired) electrons. The lowest BCUT2D eigenvalue weighted by molar-refractivity contribution is -0.173. The van der Waals surface area contributed by atoms with Gasteiger partial charge in [-0.1, -0.05) is 87.0 Å². The molecule has 2 aromatic rings. The highest BCUT2D eigenvalue weighted by molar-refractivity contribution is 6.32. The quantitative estimate of drug-likeness (QED) is 0.394. The number of halogens is 1. The third-order valence-corrected chi connectivity index (χ3v) is 7.32. The van der Waals surface area contributed by atoms with E-state index in [9.17, 15) is 19.2 Å². The van der Waals surface area contributed by atoms with Crippen molar-refractivity contribution in [2.75, 3.05) is 13.7 Å². The number of hydrogen-bond donors (Lipinski definition) is 2. The minimum atomic E-state index is -1.10. The SMILES string of the molecule is COc1ccc(C[C@H]2NC(=O)/C=C/C[C@@H]([C@H](C)/C=C/c3ccccc3)OC(=O)[C@H](CC(C)C)OC(=O)CCNC2=O)cc1Cl. The Kier molecular flexibility index (Phi) is 13.5. The molecule has 10 heteroatoms. The fourth-order valence-electron chi connectivity index (χ4n) is 4.61. The van der Waals surface area contributed by atoms with E-state index in [4.69, 9.17) is 25.8 Å². The van der Waals surface area contributed by atoms with E-state index in [1.165, 1.54) is 13.2 Å². The normalized spacial score (nSPS) is 22.1. The summed E-state index contributed by atoms with van der Waals surface area (Å²) < 4.78 is 16.6. The highest BCUT2D eigenvalue weighted by atomic mass is 35.5. The standard InChI is InChI=1S/C34H41ClN2O7/c1-22(2)19-30-34(41)44-28(23(3)13-14-24-9-6-5-7-10-24)11-8-12-31(38)37-27(33(40)36-18-17-32(39)43-30)21-25-15-16-29(42-4)26(35)20-25/h5-10,12-16,20,22-23,27-28,30H,11,17-19,21H2,1-4H3,(H,36,40)(H,37,38)/b12-8+,14-13+/t23-,27-,28+,30+/m1/s1. The highest BCUT2D eigenvalue weighted by Crippen LogP contribution is 2.25. The lowest BCUT2D eigenvalue weighted by Gasteiger charge is -2.25. The fourth-order valence-corrected chi connectivity index (χ4v) is 4.89. The van der Waals surface area contributed by atoms with Crippen molar-refractivity contribution in [3.8, 4) is 5.75 Å². The van der Waals surface area contributed by atoms with Gasteiger partial charge in [0.1, 0.15) is 17.9 Å². The average molecular weight is 625 g/mol. The molecule has 0 fully saturated rings. The smallest absolute Gasteiger partial charge is 0.347 e. The van der Waals surface area contributed by atoms with Gasteiger partial charge >= 0.3 is 11.9 Å². The van der Waals surface area contributed by atoms with Gasteiger partial charge in [0.05, 0.1) is 18.6 Å². The predicted molar refractivity (Wildman–Crippen MR) is 169 cm³/mol. The van der Waals surface area contributed by atoms with Crippen molar-refractivity contribution in [3.05, 3.63) is 82.9 Å². The van der Waals surface area contributed by atoms with Gasteiger partial charge in [-0.25, -0.2) is 4.79 Å². The van der Waals surface area contributed by atoms with Crippen molar-refractivity contribution in [2.45, 2.75) is 64.7 Å². The Hall–Kier alpha value is -4.11. The van der Waals surface area contributed by atoms with Gasteiger partial charge in [0.2, 0.25) is 11.8 Å². The second-order valence-corrected chi connectivity index (χ2v) is 11.5. The van der Waals surface area contributed by atoms with Crippen molar-refractivity contribution in [1.82, 2.24) is 10.6 Å². The number of cyclic esters (lactones) is 2. The van der Waals surface area contributed by atoms with E-state index < -0.39 is 42.0 Å². The molecule has 2 N–H and O–H groups in total. The molecule has 1 heterocycles. The van der Waals surface area contributed by atoms with Crippen LogP contribution in [0.25, 0.3) is 6.08 Å². The number of amides is 2. The Morgan fingerprint density at radius 3 is 2.48 bits per heavy atom. The monoisotopic (exact) mass is 624 g/mol. The Labute approximate surface area is 264 Å². The zero-order chi connectivity index (χ0) is 32.1. The lowest BCUT2D eigenvalue weighted by Crippen LogP contribution is -2.48. The van der Waals surface area contributed by atoms with Crippen LogP contribution in [0.1, 0.15) is 51.2 Å². The van der Waals surface area contributed by atoms with Crippen LogP contribution in [-0.2, 0) is 35.1 Å². The summed E-state index contributed by atoms with van der Waals surface area (Å²) in [5.74, 6) is -1.96. The molecular formula is C34H41ClN2O7. The van der Waals surface area contributed by atoms with Crippen LogP contribution in [0, 0.1) is 11.8 Å². The molecule has 236 valence electrons. The summed E-state index contributed by atoms with van der Waals surface area (Å²) >= 11 is 6.27. The minimum Gasteiger partial charge on any atom is -0.495 e. The fraction of sp³-hybridized carbons (Fsp3) is 0.412. The molecule has 1 aliphatic heterocycles. The van der Waals surface area contributed by atoms with E-state index >= 15 is 0 Å². The number of benzene rings is 2. The van der Waals surface area contributed by atoms with Gasteiger partial charge < -0.3 is 24.8 Å². The molecule has 0 aliphatic carbocycles. The third kappa shape index (κ3) is 11.2. The van der Waals surface area contributed by atoms with Gasteiger partial charge in [0.15, 0.2) is 6.10 Å². The van der Waals surface area contributed by atoms with Gasteiger partial charge in [0.25, 0.3) is 0 Å². The predicted octanol–water partition coefficient (Wildman–Crippen LogP) is 5.06. The number of carbonyl (C=O) groups excluding carboxylic acids is 4. The molecule has 1 aliphatic rings. The van der Waals surface area contributed by atoms with Crippen LogP contribution >= 0.6 is 11.6 Å². The van der Waals surface area contributed by atoms with Gasteiger partial charge in [-0.3, -0.25) is 14.4 Å². The van der Waals surface area contributed by atoms with Gasteiger partial charge in [0, 0.05) is 25.3 Å². The first kappa shape index (κ1) is 34.4. The van der Waals surface area contributed by atoms with Crippen molar-refractivity contribution in [3.63, 3.8) is 0 Å². The van der Waals surface area contributed by atoms with E-state index in [-0.39, 0.29) is 44.1 Å². The number of ether oxygens (including phenoxy) is 3. The summed E-state index contributed by atoms with van der Waals surface area (Å²) in [5.41, 5.74) is 1.69. The van der Waals surface area contributed by atoms with Gasteiger partial charge in [-0.05, 0) is 41.7 Å². The summed E-state index contributed by atoms with van der Waals surface area (Å²) in [6.45, 7) is 5.70. The minimum absolute atomic E-state index is 0.0450. The van der Waals surface area contributed by atoms with Crippen LogP contribution in [0.4, 0.5) is 0 Å². The zero-order valence-corrected chi connectivity index (χ0v) is 26.3. The Bertz CT molecular complexity index is 1340. The van der Waals surface area contributed by atoms with Crippen LogP contribution in [0.5, 0.6) is 5.75 Å². The maximum absolute atomic E-state index is 13.3. The molecule has 4 atom stereocenters. The van der Waals surface area contributed by atoms with Crippen LogP contribution in [0.2, 0.25) is 5.02 Å². The van der Waals surface area contributed by atoms with E-state index in [2.05, 4.69) is 10.6 Å². The maximum Gasteiger partial charge on any atom is 0.347 e. The summed E-state index contributed by atoms with van der Waals surface area (Å²) in [4.78, 5) is 52.0. The van der Waals surface area contributed by atoms with Crippen LogP contribution < -0.4 is 15.4 Å². The van der Waals surface area contributed by atoms with E-state index in [0.717, 1.165) is 5.56 Å². The Balaban J connectivity index is 1.86. The van der Waals surface area contributed by atoms with E-state index in [0.29, 0.717) is 16.3 Å². The molecule has 0 saturated carbocycles. The number of esters is 2. The van der Waals surface area contributed by atoms with E-state index in [1.54, 1.807) is 24.3 Å². The summed E-state index contributed by atoms with van der Waals surface area (Å²) in [5, 5.41) is 5.79. The lowest BCUT2D eigenvalue weighted by atomic mass is 9.99. The first-order valence-corrected chi connectivity index (χ1v) is 15.1. The highest BCUT2D eigenvalue weighted by Gasteiger charge is 2.30. The number of hydrogen-bond acceptors (Lipinski definition) is 7. The molecule has 0 saturated heterocycles. The first-order valence-electron chi connectivity index (χ1n) is 14.8. The van der Waals surface area contributed by atoms with Crippen LogP contribution in [-0.4, -0.2) is 55.7 Å². The molecule has 0 unspecified atom stereocenters. The summed E-state index contributed by atoms with van der Waals surface area (Å²) in [7, 11) is 1.50. The van der Waals surface area contributed by atoms with Crippen LogP contribution in [0.15, 0.2) is 66.8 Å². The van der Waals surface area contributed by atoms with E-state index in [1.807, 2.05) is 63.3 Å². The molecule has 3 rings (SSSR count). The molecule has 0 bridgehead atoms. The number of nitrogens with one attached hydrogen (secondary N) is 2. The first-order chi connectivity index (χ1) is 21.0. The topological polar surface area (TPSA) is 120 Å². The van der Waals surface area contributed by atoms with Crippen molar-refractivity contribution < 1.29 is 33.4 Å². The summed E-state index contributed by atoms with van der Waals surface area (Å²) in [6, 6.07) is 13.9. The largest absolute Gasteiger partial charge is 0.495 e. The molecule has 2 amide bonds.